The Kier molecular flexibility index (Phi) is 1.28. The van der Waals surface area contributed by atoms with Crippen molar-refractivity contribution >= 4 is 5.69 Å². The Morgan fingerprint density at radius 3 is 2.77 bits per heavy atom. The summed E-state index contributed by atoms with van der Waals surface area (Å²) in [6.45, 7) is 1.46. The van der Waals surface area contributed by atoms with E-state index in [-0.39, 0.29) is 0 Å². The first kappa shape index (κ1) is 5.32. The molecule has 0 aromatic heterocycles. The van der Waals surface area contributed by atoms with E-state index < -0.39 is 6.98 Å². The minimum Gasteiger partial charge on any atom is -0.356 e. The lowest BCUT2D eigenvalue weighted by Crippen LogP contribution is -2.15. The highest BCUT2D eigenvalue weighted by atomic mass is 15.3. The van der Waals surface area contributed by atoms with E-state index >= 15 is 0 Å². The Hall–Kier alpha value is -1.44. The highest BCUT2D eigenvalue weighted by Crippen LogP contribution is 2.24. The number of hydrogen-bond acceptors (Lipinski definition) is 2. The number of nitrogens with zero attached hydrogens (tertiary/aromatic N) is 2. The van der Waals surface area contributed by atoms with Crippen molar-refractivity contribution in [3.05, 3.63) is 48.9 Å². The summed E-state index contributed by atoms with van der Waals surface area (Å²) in [7, 11) is 0. The van der Waals surface area contributed by atoms with Gasteiger partial charge < -0.3 is 9.80 Å². The predicted molar refractivity (Wildman–Crippen MR) is 54.9 cm³/mol. The molecule has 1 aliphatic rings. The summed E-state index contributed by atoms with van der Waals surface area (Å²) in [5, 5.41) is 0. The SMILES string of the molecule is [2H]C([2H])([2H])N1[CH]N(c2ccccc2C)C=C1. The quantitative estimate of drug-likeness (QED) is 0.648. The summed E-state index contributed by atoms with van der Waals surface area (Å²) in [5.41, 5.74) is 2.10. The van der Waals surface area contributed by atoms with Crippen LogP contribution in [0.5, 0.6) is 0 Å². The average Bonchev–Trinajstić information content (AvgIpc) is 2.66. The van der Waals surface area contributed by atoms with Crippen LogP contribution in [0.3, 0.4) is 0 Å². The first-order valence-corrected chi connectivity index (χ1v) is 4.14. The molecule has 13 heavy (non-hydrogen) atoms. The van der Waals surface area contributed by atoms with Gasteiger partial charge in [-0.25, -0.2) is 0 Å². The van der Waals surface area contributed by atoms with Gasteiger partial charge >= 0.3 is 0 Å². The summed E-state index contributed by atoms with van der Waals surface area (Å²) in [6.07, 6.45) is 3.30. The zero-order chi connectivity index (χ0) is 11.8. The second-order valence-electron chi connectivity index (χ2n) is 3.01. The molecule has 0 unspecified atom stereocenters. The molecule has 0 aliphatic carbocycles. The van der Waals surface area contributed by atoms with Gasteiger partial charge in [-0.15, -0.1) is 0 Å². The molecule has 2 heteroatoms. The molecule has 0 bridgehead atoms. The van der Waals surface area contributed by atoms with Crippen LogP contribution in [-0.2, 0) is 0 Å². The molecule has 0 atom stereocenters. The Morgan fingerprint density at radius 2 is 2.08 bits per heavy atom. The van der Waals surface area contributed by atoms with Gasteiger partial charge in [0.2, 0.25) is 0 Å². The highest BCUT2D eigenvalue weighted by molar-refractivity contribution is 5.57. The van der Waals surface area contributed by atoms with Crippen molar-refractivity contribution in [1.29, 1.82) is 0 Å². The lowest BCUT2D eigenvalue weighted by atomic mass is 10.2. The third-order valence-corrected chi connectivity index (χ3v) is 2.03. The van der Waals surface area contributed by atoms with Gasteiger partial charge in [-0.05, 0) is 18.6 Å². The molecule has 0 amide bonds. The second-order valence-corrected chi connectivity index (χ2v) is 3.01. The number of anilines is 1. The van der Waals surface area contributed by atoms with Crippen LogP contribution in [0.25, 0.3) is 0 Å². The van der Waals surface area contributed by atoms with E-state index in [0.717, 1.165) is 11.3 Å². The molecular formula is C11H13N2. The van der Waals surface area contributed by atoms with Crippen LogP contribution in [0.15, 0.2) is 36.7 Å². The summed E-state index contributed by atoms with van der Waals surface area (Å²) < 4.78 is 21.9. The summed E-state index contributed by atoms with van der Waals surface area (Å²) in [6, 6.07) is 7.84. The normalized spacial score (nSPS) is 19.9. The van der Waals surface area contributed by atoms with Gasteiger partial charge in [-0.1, -0.05) is 18.2 Å². The van der Waals surface area contributed by atoms with Crippen LogP contribution in [0.4, 0.5) is 5.69 Å². The Morgan fingerprint density at radius 1 is 1.23 bits per heavy atom. The van der Waals surface area contributed by atoms with Crippen LogP contribution in [-0.4, -0.2) is 11.9 Å². The molecule has 67 valence electrons. The fraction of sp³-hybridized carbons (Fsp3) is 0.182. The molecule has 1 radical (unpaired) electrons. The summed E-state index contributed by atoms with van der Waals surface area (Å²) in [5.74, 6) is 0. The second kappa shape index (κ2) is 3.13. The fourth-order valence-corrected chi connectivity index (χ4v) is 1.35. The predicted octanol–water partition coefficient (Wildman–Crippen LogP) is 2.34. The standard InChI is InChI=1S/C11H13N2/c1-10-5-3-4-6-11(10)13-8-7-12(2)9-13/h3-9H,1-2H3/i2D3. The molecule has 0 fully saturated rings. The Labute approximate surface area is 83.3 Å². The van der Waals surface area contributed by atoms with Crippen molar-refractivity contribution in [3.63, 3.8) is 0 Å². The van der Waals surface area contributed by atoms with Gasteiger partial charge in [0.05, 0.1) is 0 Å². The maximum Gasteiger partial charge on any atom is 0.145 e. The molecular weight excluding hydrogens is 160 g/mol. The van der Waals surface area contributed by atoms with Gasteiger partial charge in [-0.2, -0.15) is 0 Å². The molecule has 1 aliphatic heterocycles. The molecule has 1 aromatic rings. The van der Waals surface area contributed by atoms with Gasteiger partial charge in [-0.3, -0.25) is 0 Å². The van der Waals surface area contributed by atoms with Crippen molar-refractivity contribution in [1.82, 2.24) is 4.90 Å². The molecule has 2 nitrogen and oxygen atoms in total. The lowest BCUT2D eigenvalue weighted by Gasteiger charge is -2.18. The van der Waals surface area contributed by atoms with Crippen molar-refractivity contribution < 1.29 is 4.11 Å². The Balaban J connectivity index is 2.17. The minimum atomic E-state index is -2.12. The first-order valence-electron chi connectivity index (χ1n) is 5.64. The maximum absolute atomic E-state index is 7.29. The summed E-state index contributed by atoms with van der Waals surface area (Å²) >= 11 is 0. The van der Waals surface area contributed by atoms with Gasteiger partial charge in [0.15, 0.2) is 0 Å². The van der Waals surface area contributed by atoms with E-state index in [1.807, 2.05) is 36.1 Å². The largest absolute Gasteiger partial charge is 0.356 e. The van der Waals surface area contributed by atoms with Crippen LogP contribution in [0, 0.1) is 13.6 Å². The third-order valence-electron chi connectivity index (χ3n) is 2.03. The topological polar surface area (TPSA) is 6.48 Å². The van der Waals surface area contributed by atoms with Gasteiger partial charge in [0.1, 0.15) is 6.67 Å². The maximum atomic E-state index is 7.29. The average molecular weight is 176 g/mol. The van der Waals surface area contributed by atoms with E-state index in [1.165, 1.54) is 4.90 Å². The number of benzene rings is 1. The van der Waals surface area contributed by atoms with Gasteiger partial charge in [0, 0.05) is 29.2 Å². The molecule has 0 spiro atoms. The molecule has 2 rings (SSSR count). The van der Waals surface area contributed by atoms with E-state index in [0.29, 0.717) is 0 Å². The van der Waals surface area contributed by atoms with Gasteiger partial charge in [0.25, 0.3) is 0 Å². The molecule has 0 N–H and O–H groups in total. The fourth-order valence-electron chi connectivity index (χ4n) is 1.35. The molecule has 0 saturated heterocycles. The van der Waals surface area contributed by atoms with Crippen molar-refractivity contribution in [2.75, 3.05) is 11.9 Å². The van der Waals surface area contributed by atoms with Crippen LogP contribution < -0.4 is 4.90 Å². The van der Waals surface area contributed by atoms with Crippen LogP contribution in [0.1, 0.15) is 9.68 Å². The molecule has 1 heterocycles. The van der Waals surface area contributed by atoms with E-state index in [2.05, 4.69) is 0 Å². The smallest absolute Gasteiger partial charge is 0.145 e. The molecule has 0 saturated carbocycles. The lowest BCUT2D eigenvalue weighted by molar-refractivity contribution is 0.574. The van der Waals surface area contributed by atoms with Crippen LogP contribution >= 0.6 is 0 Å². The zero-order valence-corrected chi connectivity index (χ0v) is 7.44. The van der Waals surface area contributed by atoms with Crippen molar-refractivity contribution in [3.8, 4) is 0 Å². The number of hydrogen-bond donors (Lipinski definition) is 0. The number of para-hydroxylation sites is 1. The number of rotatable bonds is 1. The Bertz CT molecular complexity index is 412. The highest BCUT2D eigenvalue weighted by Gasteiger charge is 2.12. The number of aryl methyl sites for hydroxylation is 1. The van der Waals surface area contributed by atoms with E-state index in [9.17, 15) is 0 Å². The monoisotopic (exact) mass is 176 g/mol. The van der Waals surface area contributed by atoms with E-state index in [4.69, 9.17) is 4.11 Å². The van der Waals surface area contributed by atoms with E-state index in [1.54, 1.807) is 19.1 Å². The summed E-state index contributed by atoms with van der Waals surface area (Å²) in [4.78, 5) is 3.03. The zero-order valence-electron chi connectivity index (χ0n) is 10.4. The third kappa shape index (κ3) is 1.52. The molecule has 1 aromatic carbocycles. The first-order chi connectivity index (χ1) is 7.48. The minimum absolute atomic E-state index is 0.991. The van der Waals surface area contributed by atoms with Crippen LogP contribution in [0.2, 0.25) is 0 Å². The van der Waals surface area contributed by atoms with Crippen molar-refractivity contribution in [2.24, 2.45) is 0 Å². The van der Waals surface area contributed by atoms with Crippen molar-refractivity contribution in [2.45, 2.75) is 6.92 Å².